The van der Waals surface area contributed by atoms with Crippen LogP contribution in [0.2, 0.25) is 0 Å². The summed E-state index contributed by atoms with van der Waals surface area (Å²) < 4.78 is 5.43. The first-order valence-electron chi connectivity index (χ1n) is 7.80. The zero-order valence-corrected chi connectivity index (χ0v) is 12.2. The SMILES string of the molecule is COC1CCN(C(C)CNC2CCCCC2)CC1. The van der Waals surface area contributed by atoms with E-state index < -0.39 is 0 Å². The van der Waals surface area contributed by atoms with Crippen molar-refractivity contribution >= 4 is 0 Å². The van der Waals surface area contributed by atoms with Crippen molar-refractivity contribution < 1.29 is 4.74 Å². The van der Waals surface area contributed by atoms with Crippen molar-refractivity contribution in [3.63, 3.8) is 0 Å². The maximum Gasteiger partial charge on any atom is 0.0595 e. The average Bonchev–Trinajstić information content (AvgIpc) is 2.46. The summed E-state index contributed by atoms with van der Waals surface area (Å²) in [6, 6.07) is 1.46. The molecule has 1 atom stereocenters. The molecule has 2 rings (SSSR count). The second-order valence-corrected chi connectivity index (χ2v) is 6.06. The third-order valence-electron chi connectivity index (χ3n) is 4.74. The predicted molar refractivity (Wildman–Crippen MR) is 75.9 cm³/mol. The molecule has 0 amide bonds. The molecule has 18 heavy (non-hydrogen) atoms. The van der Waals surface area contributed by atoms with Crippen LogP contribution >= 0.6 is 0 Å². The summed E-state index contributed by atoms with van der Waals surface area (Å²) in [5.74, 6) is 0. The van der Waals surface area contributed by atoms with Crippen molar-refractivity contribution in [3.8, 4) is 0 Å². The zero-order valence-electron chi connectivity index (χ0n) is 12.2. The first-order chi connectivity index (χ1) is 8.79. The lowest BCUT2D eigenvalue weighted by Gasteiger charge is -2.36. The van der Waals surface area contributed by atoms with Gasteiger partial charge in [0.05, 0.1) is 6.10 Å². The molecular weight excluding hydrogens is 224 g/mol. The van der Waals surface area contributed by atoms with Crippen molar-refractivity contribution in [1.82, 2.24) is 10.2 Å². The van der Waals surface area contributed by atoms with Gasteiger partial charge in [-0.3, -0.25) is 4.90 Å². The van der Waals surface area contributed by atoms with Gasteiger partial charge in [-0.1, -0.05) is 19.3 Å². The quantitative estimate of drug-likeness (QED) is 0.815. The van der Waals surface area contributed by atoms with Gasteiger partial charge in [0.15, 0.2) is 0 Å². The van der Waals surface area contributed by atoms with E-state index in [9.17, 15) is 0 Å². The van der Waals surface area contributed by atoms with Crippen molar-refractivity contribution in [2.24, 2.45) is 0 Å². The van der Waals surface area contributed by atoms with E-state index in [1.54, 1.807) is 0 Å². The molecule has 1 aliphatic carbocycles. The topological polar surface area (TPSA) is 24.5 Å². The number of hydrogen-bond donors (Lipinski definition) is 1. The molecule has 0 spiro atoms. The minimum atomic E-state index is 0.500. The number of hydrogen-bond acceptors (Lipinski definition) is 3. The van der Waals surface area contributed by atoms with E-state index in [0.29, 0.717) is 12.1 Å². The van der Waals surface area contributed by atoms with Crippen LogP contribution in [0.4, 0.5) is 0 Å². The first kappa shape index (κ1) is 14.3. The summed E-state index contributed by atoms with van der Waals surface area (Å²) in [6.45, 7) is 5.92. The molecule has 3 heteroatoms. The van der Waals surface area contributed by atoms with Crippen LogP contribution in [0, 0.1) is 0 Å². The van der Waals surface area contributed by atoms with Gasteiger partial charge in [0.1, 0.15) is 0 Å². The molecule has 1 heterocycles. The molecule has 1 N–H and O–H groups in total. The van der Waals surface area contributed by atoms with Crippen LogP contribution in [0.25, 0.3) is 0 Å². The molecule has 2 fully saturated rings. The maximum absolute atomic E-state index is 5.43. The highest BCUT2D eigenvalue weighted by Crippen LogP contribution is 2.18. The highest BCUT2D eigenvalue weighted by molar-refractivity contribution is 4.80. The van der Waals surface area contributed by atoms with Gasteiger partial charge in [0.25, 0.3) is 0 Å². The third-order valence-corrected chi connectivity index (χ3v) is 4.74. The molecule has 0 radical (unpaired) electrons. The van der Waals surface area contributed by atoms with E-state index >= 15 is 0 Å². The lowest BCUT2D eigenvalue weighted by molar-refractivity contribution is 0.0293. The van der Waals surface area contributed by atoms with Gasteiger partial charge in [-0.05, 0) is 32.6 Å². The highest BCUT2D eigenvalue weighted by atomic mass is 16.5. The smallest absolute Gasteiger partial charge is 0.0595 e. The fourth-order valence-corrected chi connectivity index (χ4v) is 3.33. The van der Waals surface area contributed by atoms with Crippen LogP contribution in [-0.2, 0) is 4.74 Å². The van der Waals surface area contributed by atoms with Gasteiger partial charge in [-0.25, -0.2) is 0 Å². The molecule has 1 unspecified atom stereocenters. The van der Waals surface area contributed by atoms with E-state index in [1.807, 2.05) is 7.11 Å². The summed E-state index contributed by atoms with van der Waals surface area (Å²) in [7, 11) is 1.84. The fourth-order valence-electron chi connectivity index (χ4n) is 3.33. The Morgan fingerprint density at radius 3 is 2.39 bits per heavy atom. The largest absolute Gasteiger partial charge is 0.381 e. The predicted octanol–water partition coefficient (Wildman–Crippen LogP) is 2.41. The van der Waals surface area contributed by atoms with Crippen LogP contribution < -0.4 is 5.32 Å². The van der Waals surface area contributed by atoms with Gasteiger partial charge in [-0.2, -0.15) is 0 Å². The van der Waals surface area contributed by atoms with Crippen LogP contribution in [-0.4, -0.2) is 49.8 Å². The van der Waals surface area contributed by atoms with Gasteiger partial charge in [0.2, 0.25) is 0 Å². The average molecular weight is 254 g/mol. The van der Waals surface area contributed by atoms with E-state index in [0.717, 1.165) is 12.6 Å². The summed E-state index contributed by atoms with van der Waals surface area (Å²) in [6.07, 6.45) is 9.96. The van der Waals surface area contributed by atoms with Crippen LogP contribution in [0.3, 0.4) is 0 Å². The fraction of sp³-hybridized carbons (Fsp3) is 1.00. The Balaban J connectivity index is 1.63. The number of piperidine rings is 1. The van der Waals surface area contributed by atoms with Gasteiger partial charge >= 0.3 is 0 Å². The molecule has 0 aromatic rings. The normalized spacial score (nSPS) is 26.3. The molecule has 2 aliphatic rings. The summed E-state index contributed by atoms with van der Waals surface area (Å²) in [4.78, 5) is 2.62. The van der Waals surface area contributed by atoms with Crippen LogP contribution in [0.5, 0.6) is 0 Å². The van der Waals surface area contributed by atoms with E-state index in [2.05, 4.69) is 17.1 Å². The number of ether oxygens (including phenoxy) is 1. The minimum Gasteiger partial charge on any atom is -0.381 e. The standard InChI is InChI=1S/C15H30N2O/c1-13(12-16-14-6-4-3-5-7-14)17-10-8-15(18-2)9-11-17/h13-16H,3-12H2,1-2H3. The molecule has 1 aliphatic heterocycles. The van der Waals surface area contributed by atoms with Crippen molar-refractivity contribution in [3.05, 3.63) is 0 Å². The minimum absolute atomic E-state index is 0.500. The molecule has 3 nitrogen and oxygen atoms in total. The van der Waals surface area contributed by atoms with Crippen molar-refractivity contribution in [2.75, 3.05) is 26.7 Å². The Morgan fingerprint density at radius 2 is 1.78 bits per heavy atom. The summed E-state index contributed by atoms with van der Waals surface area (Å²) in [5.41, 5.74) is 0. The second kappa shape index (κ2) is 7.46. The van der Waals surface area contributed by atoms with E-state index in [4.69, 9.17) is 4.74 Å². The maximum atomic E-state index is 5.43. The van der Waals surface area contributed by atoms with Gasteiger partial charge < -0.3 is 10.1 Å². The third kappa shape index (κ3) is 4.22. The Hall–Kier alpha value is -0.120. The zero-order chi connectivity index (χ0) is 12.8. The lowest BCUT2D eigenvalue weighted by atomic mass is 9.95. The number of methoxy groups -OCH3 is 1. The molecular formula is C15H30N2O. The number of nitrogens with one attached hydrogen (secondary N) is 1. The van der Waals surface area contributed by atoms with Gasteiger partial charge in [0, 0.05) is 38.8 Å². The Bertz CT molecular complexity index is 221. The van der Waals surface area contributed by atoms with Crippen molar-refractivity contribution in [1.29, 1.82) is 0 Å². The number of likely N-dealkylation sites (tertiary alicyclic amines) is 1. The molecule has 0 aromatic heterocycles. The monoisotopic (exact) mass is 254 g/mol. The molecule has 1 saturated carbocycles. The molecule has 0 bridgehead atoms. The van der Waals surface area contributed by atoms with Crippen molar-refractivity contribution in [2.45, 2.75) is 70.1 Å². The Morgan fingerprint density at radius 1 is 1.11 bits per heavy atom. The summed E-state index contributed by atoms with van der Waals surface area (Å²) >= 11 is 0. The van der Waals surface area contributed by atoms with Crippen LogP contribution in [0.15, 0.2) is 0 Å². The first-order valence-corrected chi connectivity index (χ1v) is 7.80. The second-order valence-electron chi connectivity index (χ2n) is 6.06. The Labute approximate surface area is 112 Å². The summed E-state index contributed by atoms with van der Waals surface area (Å²) in [5, 5.41) is 3.77. The number of nitrogens with zero attached hydrogens (tertiary/aromatic N) is 1. The molecule has 1 saturated heterocycles. The van der Waals surface area contributed by atoms with Crippen LogP contribution in [0.1, 0.15) is 51.9 Å². The highest BCUT2D eigenvalue weighted by Gasteiger charge is 2.23. The lowest BCUT2D eigenvalue weighted by Crippen LogP contribution is -2.47. The molecule has 0 aromatic carbocycles. The van der Waals surface area contributed by atoms with Gasteiger partial charge in [-0.15, -0.1) is 0 Å². The van der Waals surface area contributed by atoms with E-state index in [-0.39, 0.29) is 0 Å². The Kier molecular flexibility index (Phi) is 5.93. The van der Waals surface area contributed by atoms with E-state index in [1.165, 1.54) is 58.0 Å². The molecule has 106 valence electrons. The number of rotatable bonds is 5.